The second kappa shape index (κ2) is 9.75. The third-order valence-corrected chi connectivity index (χ3v) is 4.67. The molecule has 2 rings (SSSR count). The number of hydrogen-bond donors (Lipinski definition) is 2. The van der Waals surface area contributed by atoms with Crippen molar-refractivity contribution in [3.05, 3.63) is 29.8 Å². The Hall–Kier alpha value is -1.63. The van der Waals surface area contributed by atoms with E-state index in [-0.39, 0.29) is 5.91 Å². The summed E-state index contributed by atoms with van der Waals surface area (Å²) in [7, 11) is 5.69. The average Bonchev–Trinajstić information content (AvgIpc) is 2.61. The maximum Gasteiger partial charge on any atom is 0.228 e. The largest absolute Gasteiger partial charge is 0.492 e. The number of hydrogen-bond acceptors (Lipinski definition) is 5. The SMILES string of the molecule is COCC1(C(=O)NCc2ccccc2OCCN(C)C)CCNCC1. The van der Waals surface area contributed by atoms with Gasteiger partial charge >= 0.3 is 0 Å². The van der Waals surface area contributed by atoms with Gasteiger partial charge in [0.15, 0.2) is 0 Å². The molecule has 1 aromatic rings. The van der Waals surface area contributed by atoms with Gasteiger partial charge in [0.25, 0.3) is 0 Å². The molecule has 0 atom stereocenters. The van der Waals surface area contributed by atoms with Crippen LogP contribution in [0, 0.1) is 5.41 Å². The Morgan fingerprint density at radius 3 is 2.68 bits per heavy atom. The lowest BCUT2D eigenvalue weighted by molar-refractivity contribution is -0.136. The maximum atomic E-state index is 12.8. The molecule has 6 nitrogen and oxygen atoms in total. The molecule has 25 heavy (non-hydrogen) atoms. The number of nitrogens with one attached hydrogen (secondary N) is 2. The maximum absolute atomic E-state index is 12.8. The molecule has 0 saturated carbocycles. The normalized spacial score (nSPS) is 16.6. The summed E-state index contributed by atoms with van der Waals surface area (Å²) in [4.78, 5) is 14.9. The van der Waals surface area contributed by atoms with Gasteiger partial charge in [0, 0.05) is 25.8 Å². The zero-order chi connectivity index (χ0) is 18.1. The Bertz CT molecular complexity index is 537. The lowest BCUT2D eigenvalue weighted by atomic mass is 9.78. The number of methoxy groups -OCH3 is 1. The number of rotatable bonds is 9. The van der Waals surface area contributed by atoms with E-state index >= 15 is 0 Å². The highest BCUT2D eigenvalue weighted by molar-refractivity contribution is 5.83. The predicted octanol–water partition coefficient (Wildman–Crippen LogP) is 1.26. The molecule has 0 bridgehead atoms. The zero-order valence-electron chi connectivity index (χ0n) is 15.6. The molecular formula is C19H31N3O3. The van der Waals surface area contributed by atoms with Crippen molar-refractivity contribution >= 4 is 5.91 Å². The molecule has 1 aliphatic heterocycles. The lowest BCUT2D eigenvalue weighted by Gasteiger charge is -2.35. The van der Waals surface area contributed by atoms with E-state index in [0.29, 0.717) is 19.8 Å². The molecule has 0 radical (unpaired) electrons. The fraction of sp³-hybridized carbons (Fsp3) is 0.632. The minimum absolute atomic E-state index is 0.0685. The van der Waals surface area contributed by atoms with Gasteiger partial charge in [0.2, 0.25) is 5.91 Å². The fourth-order valence-electron chi connectivity index (χ4n) is 3.11. The highest BCUT2D eigenvalue weighted by Gasteiger charge is 2.39. The first kappa shape index (κ1) is 19.7. The Morgan fingerprint density at radius 1 is 1.28 bits per heavy atom. The van der Waals surface area contributed by atoms with E-state index in [1.165, 1.54) is 0 Å². The fourth-order valence-corrected chi connectivity index (χ4v) is 3.11. The van der Waals surface area contributed by atoms with E-state index in [2.05, 4.69) is 15.5 Å². The Kier molecular flexibility index (Phi) is 7.68. The number of amides is 1. The number of likely N-dealkylation sites (N-methyl/N-ethyl adjacent to an activating group) is 1. The highest BCUT2D eigenvalue weighted by atomic mass is 16.5. The molecule has 0 unspecified atom stereocenters. The van der Waals surface area contributed by atoms with Gasteiger partial charge in [0.05, 0.1) is 12.0 Å². The van der Waals surface area contributed by atoms with Gasteiger partial charge in [-0.2, -0.15) is 0 Å². The number of carbonyl (C=O) groups is 1. The number of nitrogens with zero attached hydrogens (tertiary/aromatic N) is 1. The molecule has 140 valence electrons. The van der Waals surface area contributed by atoms with Gasteiger partial charge in [-0.3, -0.25) is 4.79 Å². The van der Waals surface area contributed by atoms with E-state index in [4.69, 9.17) is 9.47 Å². The van der Waals surface area contributed by atoms with Crippen molar-refractivity contribution in [3.63, 3.8) is 0 Å². The molecule has 0 spiro atoms. The number of ether oxygens (including phenoxy) is 2. The quantitative estimate of drug-likeness (QED) is 0.703. The van der Waals surface area contributed by atoms with Gasteiger partial charge < -0.3 is 25.0 Å². The summed E-state index contributed by atoms with van der Waals surface area (Å²) < 4.78 is 11.2. The molecule has 0 aromatic heterocycles. The van der Waals surface area contributed by atoms with Crippen molar-refractivity contribution in [2.45, 2.75) is 19.4 Å². The van der Waals surface area contributed by atoms with Crippen LogP contribution in [0.25, 0.3) is 0 Å². The van der Waals surface area contributed by atoms with Crippen LogP contribution < -0.4 is 15.4 Å². The Morgan fingerprint density at radius 2 is 2.00 bits per heavy atom. The summed E-state index contributed by atoms with van der Waals surface area (Å²) in [6.45, 7) is 4.10. The van der Waals surface area contributed by atoms with E-state index in [0.717, 1.165) is 43.8 Å². The van der Waals surface area contributed by atoms with Crippen molar-refractivity contribution in [2.24, 2.45) is 5.41 Å². The molecule has 6 heteroatoms. The average molecular weight is 349 g/mol. The van der Waals surface area contributed by atoms with E-state index in [1.807, 2.05) is 38.4 Å². The summed E-state index contributed by atoms with van der Waals surface area (Å²) in [5.41, 5.74) is 0.567. The first-order valence-electron chi connectivity index (χ1n) is 8.91. The van der Waals surface area contributed by atoms with E-state index < -0.39 is 5.41 Å². The van der Waals surface area contributed by atoms with E-state index in [9.17, 15) is 4.79 Å². The van der Waals surface area contributed by atoms with Crippen molar-refractivity contribution < 1.29 is 14.3 Å². The number of benzene rings is 1. The summed E-state index contributed by atoms with van der Waals surface area (Å²) in [5, 5.41) is 6.41. The minimum Gasteiger partial charge on any atom is -0.492 e. The molecular weight excluding hydrogens is 318 g/mol. The van der Waals surface area contributed by atoms with Crippen molar-refractivity contribution in [3.8, 4) is 5.75 Å². The van der Waals surface area contributed by atoms with Gasteiger partial charge in [-0.15, -0.1) is 0 Å². The van der Waals surface area contributed by atoms with Crippen LogP contribution in [0.3, 0.4) is 0 Å². The second-order valence-electron chi connectivity index (χ2n) is 6.91. The third kappa shape index (κ3) is 5.70. The highest BCUT2D eigenvalue weighted by Crippen LogP contribution is 2.29. The van der Waals surface area contributed by atoms with Gasteiger partial charge in [-0.1, -0.05) is 18.2 Å². The zero-order valence-corrected chi connectivity index (χ0v) is 15.6. The number of piperidine rings is 1. The molecule has 1 aliphatic rings. The van der Waals surface area contributed by atoms with Crippen molar-refractivity contribution in [1.82, 2.24) is 15.5 Å². The molecule has 2 N–H and O–H groups in total. The first-order valence-corrected chi connectivity index (χ1v) is 8.91. The van der Waals surface area contributed by atoms with Crippen molar-refractivity contribution in [1.29, 1.82) is 0 Å². The molecule has 1 heterocycles. The Balaban J connectivity index is 1.96. The van der Waals surface area contributed by atoms with Gasteiger partial charge in [0.1, 0.15) is 12.4 Å². The van der Waals surface area contributed by atoms with Crippen molar-refractivity contribution in [2.75, 3.05) is 54.1 Å². The summed E-state index contributed by atoms with van der Waals surface area (Å²) in [6.07, 6.45) is 1.60. The number of para-hydroxylation sites is 1. The summed E-state index contributed by atoms with van der Waals surface area (Å²) in [5.74, 6) is 0.898. The Labute approximate surface area is 150 Å². The molecule has 1 fully saturated rings. The van der Waals surface area contributed by atoms with Crippen LogP contribution in [0.4, 0.5) is 0 Å². The van der Waals surface area contributed by atoms with Gasteiger partial charge in [-0.05, 0) is 46.1 Å². The first-order chi connectivity index (χ1) is 12.1. The summed E-state index contributed by atoms with van der Waals surface area (Å²) >= 11 is 0. The number of carbonyl (C=O) groups excluding carboxylic acids is 1. The van der Waals surface area contributed by atoms with Crippen LogP contribution in [-0.2, 0) is 16.1 Å². The monoisotopic (exact) mass is 349 g/mol. The van der Waals surface area contributed by atoms with Crippen LogP contribution in [0.5, 0.6) is 5.75 Å². The van der Waals surface area contributed by atoms with Crippen LogP contribution in [0.15, 0.2) is 24.3 Å². The minimum atomic E-state index is -0.430. The van der Waals surface area contributed by atoms with Crippen LogP contribution in [0.1, 0.15) is 18.4 Å². The molecule has 0 aliphatic carbocycles. The van der Waals surface area contributed by atoms with Crippen LogP contribution in [-0.4, -0.2) is 64.9 Å². The predicted molar refractivity (Wildman–Crippen MR) is 98.8 cm³/mol. The molecule has 1 saturated heterocycles. The van der Waals surface area contributed by atoms with Gasteiger partial charge in [-0.25, -0.2) is 0 Å². The molecule has 1 amide bonds. The smallest absolute Gasteiger partial charge is 0.228 e. The molecule has 1 aromatic carbocycles. The van der Waals surface area contributed by atoms with E-state index in [1.54, 1.807) is 7.11 Å². The lowest BCUT2D eigenvalue weighted by Crippen LogP contribution is -2.50. The van der Waals surface area contributed by atoms with Crippen LogP contribution >= 0.6 is 0 Å². The topological polar surface area (TPSA) is 62.8 Å². The van der Waals surface area contributed by atoms with Crippen LogP contribution in [0.2, 0.25) is 0 Å². The summed E-state index contributed by atoms with van der Waals surface area (Å²) in [6, 6.07) is 7.87. The third-order valence-electron chi connectivity index (χ3n) is 4.67. The second-order valence-corrected chi connectivity index (χ2v) is 6.91. The standard InChI is InChI=1S/C19H31N3O3/c1-22(2)12-13-25-17-7-5-4-6-16(17)14-21-18(23)19(15-24-3)8-10-20-11-9-19/h4-7,20H,8-15H2,1-3H3,(H,21,23).